The van der Waals surface area contributed by atoms with Crippen LogP contribution in [-0.4, -0.2) is 46.8 Å². The standard InChI is InChI=1S/C19H33N3O/c1-15(2)18(23)19(3,4)14-21-17-7-11-22(12-8-17)13-16-5-9-20-10-6-16/h5-6,9-10,15,17-18,21,23H,7-8,11-14H2,1-4H3. The van der Waals surface area contributed by atoms with Gasteiger partial charge in [0.1, 0.15) is 0 Å². The smallest absolute Gasteiger partial charge is 0.0626 e. The van der Waals surface area contributed by atoms with E-state index in [1.807, 2.05) is 12.4 Å². The third kappa shape index (κ3) is 5.55. The minimum atomic E-state index is -0.262. The number of hydrogen-bond donors (Lipinski definition) is 2. The quantitative estimate of drug-likeness (QED) is 0.811. The molecular weight excluding hydrogens is 286 g/mol. The number of pyridine rings is 1. The molecule has 2 rings (SSSR count). The van der Waals surface area contributed by atoms with Crippen LogP contribution in [-0.2, 0) is 6.54 Å². The van der Waals surface area contributed by atoms with E-state index < -0.39 is 0 Å². The van der Waals surface area contributed by atoms with Gasteiger partial charge in [0.25, 0.3) is 0 Å². The van der Waals surface area contributed by atoms with E-state index in [9.17, 15) is 5.11 Å². The molecule has 4 nitrogen and oxygen atoms in total. The van der Waals surface area contributed by atoms with Crippen LogP contribution in [0.3, 0.4) is 0 Å². The molecule has 4 heteroatoms. The zero-order valence-electron chi connectivity index (χ0n) is 15.1. The summed E-state index contributed by atoms with van der Waals surface area (Å²) in [4.78, 5) is 6.59. The highest BCUT2D eigenvalue weighted by Crippen LogP contribution is 2.26. The molecular formula is C19H33N3O. The second kappa shape index (κ2) is 8.22. The summed E-state index contributed by atoms with van der Waals surface area (Å²) in [5.41, 5.74) is 1.26. The average Bonchev–Trinajstić information content (AvgIpc) is 2.54. The molecule has 0 radical (unpaired) electrons. The fourth-order valence-electron chi connectivity index (χ4n) is 3.46. The molecule has 0 spiro atoms. The molecule has 2 heterocycles. The second-order valence-electron chi connectivity index (χ2n) is 7.96. The van der Waals surface area contributed by atoms with Gasteiger partial charge in [-0.3, -0.25) is 9.88 Å². The molecule has 1 aliphatic heterocycles. The van der Waals surface area contributed by atoms with Crippen LogP contribution in [0.4, 0.5) is 0 Å². The van der Waals surface area contributed by atoms with E-state index in [2.05, 4.69) is 55.0 Å². The van der Waals surface area contributed by atoms with Crippen molar-refractivity contribution in [2.45, 2.75) is 59.2 Å². The Morgan fingerprint density at radius 1 is 1.26 bits per heavy atom. The van der Waals surface area contributed by atoms with Crippen LogP contribution < -0.4 is 5.32 Å². The highest BCUT2D eigenvalue weighted by atomic mass is 16.3. The maximum Gasteiger partial charge on any atom is 0.0626 e. The molecule has 2 N–H and O–H groups in total. The number of hydrogen-bond acceptors (Lipinski definition) is 4. The third-order valence-corrected chi connectivity index (χ3v) is 5.02. The van der Waals surface area contributed by atoms with Crippen molar-refractivity contribution in [3.8, 4) is 0 Å². The molecule has 0 saturated carbocycles. The molecule has 1 fully saturated rings. The minimum Gasteiger partial charge on any atom is -0.392 e. The minimum absolute atomic E-state index is 0.0810. The van der Waals surface area contributed by atoms with E-state index in [1.54, 1.807) is 0 Å². The molecule has 1 aliphatic rings. The first-order chi connectivity index (χ1) is 10.9. The summed E-state index contributed by atoms with van der Waals surface area (Å²) in [5, 5.41) is 14.0. The van der Waals surface area contributed by atoms with Gasteiger partial charge in [-0.1, -0.05) is 27.7 Å². The van der Waals surface area contributed by atoms with Crippen molar-refractivity contribution in [1.29, 1.82) is 0 Å². The fourth-order valence-corrected chi connectivity index (χ4v) is 3.46. The lowest BCUT2D eigenvalue weighted by atomic mass is 9.80. The molecule has 0 aliphatic carbocycles. The van der Waals surface area contributed by atoms with E-state index in [-0.39, 0.29) is 11.5 Å². The number of nitrogens with zero attached hydrogens (tertiary/aromatic N) is 2. The summed E-state index contributed by atoms with van der Waals surface area (Å²) >= 11 is 0. The first-order valence-electron chi connectivity index (χ1n) is 8.91. The average molecular weight is 319 g/mol. The maximum atomic E-state index is 10.3. The van der Waals surface area contributed by atoms with Crippen molar-refractivity contribution in [2.75, 3.05) is 19.6 Å². The maximum absolute atomic E-state index is 10.3. The van der Waals surface area contributed by atoms with Crippen molar-refractivity contribution in [3.05, 3.63) is 30.1 Å². The van der Waals surface area contributed by atoms with Crippen LogP contribution in [0, 0.1) is 11.3 Å². The van der Waals surface area contributed by atoms with Gasteiger partial charge in [0.05, 0.1) is 6.10 Å². The molecule has 0 aromatic carbocycles. The molecule has 1 aromatic heterocycles. The Hall–Kier alpha value is -0.970. The lowest BCUT2D eigenvalue weighted by Crippen LogP contribution is -2.48. The van der Waals surface area contributed by atoms with Crippen molar-refractivity contribution in [2.24, 2.45) is 11.3 Å². The summed E-state index contributed by atoms with van der Waals surface area (Å²) in [7, 11) is 0. The van der Waals surface area contributed by atoms with Gasteiger partial charge >= 0.3 is 0 Å². The number of rotatable bonds is 7. The molecule has 0 amide bonds. The van der Waals surface area contributed by atoms with Gasteiger partial charge in [-0.05, 0) is 49.5 Å². The molecule has 130 valence electrons. The Kier molecular flexibility index (Phi) is 6.57. The predicted molar refractivity (Wildman–Crippen MR) is 95.2 cm³/mol. The normalized spacial score (nSPS) is 19.2. The van der Waals surface area contributed by atoms with Crippen LogP contribution in [0.25, 0.3) is 0 Å². The first kappa shape index (κ1) is 18.4. The van der Waals surface area contributed by atoms with Crippen LogP contribution >= 0.6 is 0 Å². The Labute approximate surface area is 141 Å². The molecule has 1 saturated heterocycles. The van der Waals surface area contributed by atoms with Gasteiger partial charge in [0.2, 0.25) is 0 Å². The Balaban J connectivity index is 1.72. The summed E-state index contributed by atoms with van der Waals surface area (Å²) in [5.74, 6) is 0.300. The number of aliphatic hydroxyl groups is 1. The van der Waals surface area contributed by atoms with Crippen LogP contribution in [0.2, 0.25) is 0 Å². The molecule has 1 unspecified atom stereocenters. The molecule has 0 bridgehead atoms. The van der Waals surface area contributed by atoms with E-state index in [0.29, 0.717) is 12.0 Å². The first-order valence-corrected chi connectivity index (χ1v) is 8.91. The van der Waals surface area contributed by atoms with Crippen molar-refractivity contribution >= 4 is 0 Å². The van der Waals surface area contributed by atoms with Crippen molar-refractivity contribution < 1.29 is 5.11 Å². The molecule has 23 heavy (non-hydrogen) atoms. The zero-order valence-corrected chi connectivity index (χ0v) is 15.1. The van der Waals surface area contributed by atoms with E-state index in [1.165, 1.54) is 18.4 Å². The number of aromatic nitrogens is 1. The largest absolute Gasteiger partial charge is 0.392 e. The SMILES string of the molecule is CC(C)C(O)C(C)(C)CNC1CCN(Cc2ccncc2)CC1. The number of nitrogens with one attached hydrogen (secondary N) is 1. The van der Waals surface area contributed by atoms with Gasteiger partial charge in [0.15, 0.2) is 0 Å². The topological polar surface area (TPSA) is 48.4 Å². The second-order valence-corrected chi connectivity index (χ2v) is 7.96. The zero-order chi connectivity index (χ0) is 16.9. The van der Waals surface area contributed by atoms with E-state index >= 15 is 0 Å². The van der Waals surface area contributed by atoms with E-state index in [4.69, 9.17) is 0 Å². The van der Waals surface area contributed by atoms with Crippen LogP contribution in [0.1, 0.15) is 46.1 Å². The summed E-state index contributed by atoms with van der Waals surface area (Å²) in [6.07, 6.45) is 5.83. The number of aliphatic hydroxyl groups excluding tert-OH is 1. The lowest BCUT2D eigenvalue weighted by molar-refractivity contribution is 0.0107. The Morgan fingerprint density at radius 2 is 1.87 bits per heavy atom. The summed E-state index contributed by atoms with van der Waals surface area (Å²) in [6.45, 7) is 12.6. The molecule has 1 aromatic rings. The van der Waals surface area contributed by atoms with Gasteiger partial charge in [-0.2, -0.15) is 0 Å². The number of piperidine rings is 1. The lowest BCUT2D eigenvalue weighted by Gasteiger charge is -2.37. The van der Waals surface area contributed by atoms with Crippen LogP contribution in [0.15, 0.2) is 24.5 Å². The Morgan fingerprint density at radius 3 is 2.43 bits per heavy atom. The van der Waals surface area contributed by atoms with Gasteiger partial charge in [-0.25, -0.2) is 0 Å². The van der Waals surface area contributed by atoms with Gasteiger partial charge in [-0.15, -0.1) is 0 Å². The Bertz CT molecular complexity index is 453. The summed E-state index contributed by atoms with van der Waals surface area (Å²) < 4.78 is 0. The van der Waals surface area contributed by atoms with Crippen molar-refractivity contribution in [3.63, 3.8) is 0 Å². The van der Waals surface area contributed by atoms with Gasteiger partial charge in [0, 0.05) is 36.9 Å². The molecule has 1 atom stereocenters. The van der Waals surface area contributed by atoms with Crippen molar-refractivity contribution in [1.82, 2.24) is 15.2 Å². The third-order valence-electron chi connectivity index (χ3n) is 5.02. The van der Waals surface area contributed by atoms with Gasteiger partial charge < -0.3 is 10.4 Å². The number of likely N-dealkylation sites (tertiary alicyclic amines) is 1. The van der Waals surface area contributed by atoms with Crippen LogP contribution in [0.5, 0.6) is 0 Å². The van der Waals surface area contributed by atoms with E-state index in [0.717, 1.165) is 26.2 Å². The summed E-state index contributed by atoms with van der Waals surface area (Å²) in [6, 6.07) is 4.77. The highest BCUT2D eigenvalue weighted by Gasteiger charge is 2.31. The predicted octanol–water partition coefficient (Wildman–Crippen LogP) is 2.68. The monoisotopic (exact) mass is 319 g/mol. The fraction of sp³-hybridized carbons (Fsp3) is 0.737. The highest BCUT2D eigenvalue weighted by molar-refractivity contribution is 5.09.